The predicted octanol–water partition coefficient (Wildman–Crippen LogP) is -0.556. The van der Waals surface area contributed by atoms with E-state index >= 15 is 0 Å². The summed E-state index contributed by atoms with van der Waals surface area (Å²) in [5, 5.41) is 9.24. The van der Waals surface area contributed by atoms with E-state index in [0.717, 1.165) is 11.6 Å². The molecule has 1 aliphatic heterocycles. The van der Waals surface area contributed by atoms with Gasteiger partial charge in [-0.2, -0.15) is 0 Å². The molecule has 3 N–H and O–H groups in total. The van der Waals surface area contributed by atoms with Crippen molar-refractivity contribution in [1.82, 2.24) is 15.1 Å². The van der Waals surface area contributed by atoms with Gasteiger partial charge in [0.1, 0.15) is 5.01 Å². The lowest BCUT2D eigenvalue weighted by atomic mass is 10.4. The van der Waals surface area contributed by atoms with E-state index in [1.165, 1.54) is 11.3 Å². The van der Waals surface area contributed by atoms with E-state index in [4.69, 9.17) is 5.84 Å². The normalized spacial score (nSPS) is 21.0. The van der Waals surface area contributed by atoms with Crippen molar-refractivity contribution in [3.63, 3.8) is 0 Å². The molecule has 0 amide bonds. The van der Waals surface area contributed by atoms with E-state index in [1.807, 2.05) is 0 Å². The lowest BCUT2D eigenvalue weighted by Crippen LogP contribution is -2.26. The van der Waals surface area contributed by atoms with Gasteiger partial charge in [0, 0.05) is 6.54 Å². The first-order valence-corrected chi connectivity index (χ1v) is 7.94. The molecule has 96 valence electrons. The highest BCUT2D eigenvalue weighted by Gasteiger charge is 2.20. The predicted molar refractivity (Wildman–Crippen MR) is 66.3 cm³/mol. The largest absolute Gasteiger partial charge is 0.298 e. The van der Waals surface area contributed by atoms with Gasteiger partial charge in [-0.05, 0) is 13.0 Å². The first kappa shape index (κ1) is 12.7. The Morgan fingerprint density at radius 1 is 1.35 bits per heavy atom. The quantitative estimate of drug-likeness (QED) is 0.564. The van der Waals surface area contributed by atoms with Crippen molar-refractivity contribution < 1.29 is 8.42 Å². The highest BCUT2D eigenvalue weighted by atomic mass is 32.2. The number of sulfone groups is 1. The fraction of sp³-hybridized carbons (Fsp3) is 0.750. The Labute approximate surface area is 104 Å². The number of nitrogens with two attached hydrogens (primary N) is 1. The van der Waals surface area contributed by atoms with Crippen molar-refractivity contribution in [2.45, 2.75) is 13.0 Å². The van der Waals surface area contributed by atoms with Crippen molar-refractivity contribution in [2.24, 2.45) is 5.84 Å². The van der Waals surface area contributed by atoms with E-state index in [1.54, 1.807) is 0 Å². The molecule has 0 aliphatic carbocycles. The molecule has 0 unspecified atom stereocenters. The van der Waals surface area contributed by atoms with Crippen LogP contribution in [0.25, 0.3) is 0 Å². The molecule has 0 bridgehead atoms. The van der Waals surface area contributed by atoms with Gasteiger partial charge in [0.2, 0.25) is 5.13 Å². The second-order valence-corrected chi connectivity index (χ2v) is 7.29. The van der Waals surface area contributed by atoms with Crippen LogP contribution in [-0.4, -0.2) is 48.1 Å². The number of nitrogens with one attached hydrogen (secondary N) is 1. The molecule has 7 nitrogen and oxygen atoms in total. The molecule has 17 heavy (non-hydrogen) atoms. The standard InChI is InChI=1S/C8H15N5O2S2/c9-10-8-12-11-7(16-8)6-13-2-1-4-17(14,15)5-3-13/h1-6,9H2,(H,10,12). The van der Waals surface area contributed by atoms with Crippen LogP contribution in [0.3, 0.4) is 0 Å². The molecular weight excluding hydrogens is 262 g/mol. The van der Waals surface area contributed by atoms with Gasteiger partial charge in [0.15, 0.2) is 9.84 Å². The van der Waals surface area contributed by atoms with Crippen LogP contribution in [0.4, 0.5) is 5.13 Å². The number of nitrogens with zero attached hydrogens (tertiary/aromatic N) is 3. The Morgan fingerprint density at radius 3 is 2.88 bits per heavy atom. The summed E-state index contributed by atoms with van der Waals surface area (Å²) in [7, 11) is -2.85. The van der Waals surface area contributed by atoms with Gasteiger partial charge in [-0.15, -0.1) is 10.2 Å². The minimum atomic E-state index is -2.85. The third-order valence-corrected chi connectivity index (χ3v) is 5.15. The van der Waals surface area contributed by atoms with Gasteiger partial charge < -0.3 is 0 Å². The third-order valence-electron chi connectivity index (χ3n) is 2.60. The molecule has 0 aromatic carbocycles. The monoisotopic (exact) mass is 277 g/mol. The van der Waals surface area contributed by atoms with Crippen LogP contribution in [0.15, 0.2) is 0 Å². The summed E-state index contributed by atoms with van der Waals surface area (Å²) in [5.41, 5.74) is 2.44. The van der Waals surface area contributed by atoms with E-state index in [9.17, 15) is 8.42 Å². The topological polar surface area (TPSA) is 101 Å². The summed E-state index contributed by atoms with van der Waals surface area (Å²) in [6.07, 6.45) is 0.684. The van der Waals surface area contributed by atoms with Crippen molar-refractivity contribution in [1.29, 1.82) is 0 Å². The lowest BCUT2D eigenvalue weighted by Gasteiger charge is -2.16. The van der Waals surface area contributed by atoms with Crippen LogP contribution in [0.2, 0.25) is 0 Å². The number of anilines is 1. The van der Waals surface area contributed by atoms with Crippen LogP contribution in [0.1, 0.15) is 11.4 Å². The molecule has 1 fully saturated rings. The zero-order chi connectivity index (χ0) is 12.3. The van der Waals surface area contributed by atoms with E-state index < -0.39 is 9.84 Å². The van der Waals surface area contributed by atoms with Gasteiger partial charge >= 0.3 is 0 Å². The molecule has 9 heteroatoms. The average Bonchev–Trinajstić information content (AvgIpc) is 2.66. The highest BCUT2D eigenvalue weighted by Crippen LogP contribution is 2.16. The van der Waals surface area contributed by atoms with Gasteiger partial charge in [0.05, 0.1) is 18.1 Å². The third kappa shape index (κ3) is 3.60. The molecule has 1 aliphatic rings. The minimum absolute atomic E-state index is 0.230. The molecule has 0 atom stereocenters. The molecular formula is C8H15N5O2S2. The van der Waals surface area contributed by atoms with Crippen LogP contribution in [0.5, 0.6) is 0 Å². The zero-order valence-corrected chi connectivity index (χ0v) is 10.9. The number of rotatable bonds is 3. The SMILES string of the molecule is NNc1nnc(CN2CCCS(=O)(=O)CC2)s1. The van der Waals surface area contributed by atoms with Crippen molar-refractivity contribution in [2.75, 3.05) is 30.0 Å². The second-order valence-electron chi connectivity index (χ2n) is 3.93. The zero-order valence-electron chi connectivity index (χ0n) is 9.29. The maximum absolute atomic E-state index is 11.4. The highest BCUT2D eigenvalue weighted by molar-refractivity contribution is 7.91. The van der Waals surface area contributed by atoms with Gasteiger partial charge in [-0.3, -0.25) is 10.3 Å². The lowest BCUT2D eigenvalue weighted by molar-refractivity contribution is 0.286. The van der Waals surface area contributed by atoms with E-state index in [-0.39, 0.29) is 11.5 Å². The summed E-state index contributed by atoms with van der Waals surface area (Å²) >= 11 is 1.38. The fourth-order valence-corrected chi connectivity index (χ4v) is 3.72. The molecule has 1 aromatic rings. The molecule has 0 saturated carbocycles. The van der Waals surface area contributed by atoms with E-state index in [2.05, 4.69) is 20.5 Å². The Hall–Kier alpha value is -0.770. The number of hydrogen-bond donors (Lipinski definition) is 2. The Bertz CT molecular complexity index is 472. The maximum atomic E-state index is 11.4. The molecule has 2 rings (SSSR count). The van der Waals surface area contributed by atoms with Crippen molar-refractivity contribution >= 4 is 26.3 Å². The average molecular weight is 277 g/mol. The molecule has 2 heterocycles. The first-order chi connectivity index (χ1) is 8.09. The van der Waals surface area contributed by atoms with Crippen LogP contribution in [0, 0.1) is 0 Å². The first-order valence-electron chi connectivity index (χ1n) is 5.31. The number of aromatic nitrogens is 2. The van der Waals surface area contributed by atoms with Crippen molar-refractivity contribution in [3.8, 4) is 0 Å². The van der Waals surface area contributed by atoms with Gasteiger partial charge in [0.25, 0.3) is 0 Å². The summed E-state index contributed by atoms with van der Waals surface area (Å²) in [6, 6.07) is 0. The molecule has 0 spiro atoms. The summed E-state index contributed by atoms with van der Waals surface area (Å²) < 4.78 is 22.9. The molecule has 0 radical (unpaired) electrons. The molecule has 1 aromatic heterocycles. The van der Waals surface area contributed by atoms with Crippen LogP contribution < -0.4 is 11.3 Å². The van der Waals surface area contributed by atoms with E-state index in [0.29, 0.717) is 24.6 Å². The Kier molecular flexibility index (Phi) is 3.92. The summed E-state index contributed by atoms with van der Waals surface area (Å²) in [5.74, 6) is 5.74. The Morgan fingerprint density at radius 2 is 2.18 bits per heavy atom. The van der Waals surface area contributed by atoms with Crippen LogP contribution >= 0.6 is 11.3 Å². The Balaban J connectivity index is 1.95. The second kappa shape index (κ2) is 5.25. The smallest absolute Gasteiger partial charge is 0.219 e. The van der Waals surface area contributed by atoms with Crippen LogP contribution in [-0.2, 0) is 16.4 Å². The number of hydrazine groups is 1. The maximum Gasteiger partial charge on any atom is 0.219 e. The molecule has 1 saturated heterocycles. The fourth-order valence-electron chi connectivity index (χ4n) is 1.72. The number of hydrogen-bond acceptors (Lipinski definition) is 8. The van der Waals surface area contributed by atoms with Gasteiger partial charge in [-0.25, -0.2) is 14.3 Å². The van der Waals surface area contributed by atoms with Crippen molar-refractivity contribution in [3.05, 3.63) is 5.01 Å². The van der Waals surface area contributed by atoms with Gasteiger partial charge in [-0.1, -0.05) is 11.3 Å². The number of nitrogen functional groups attached to an aromatic ring is 1. The summed E-state index contributed by atoms with van der Waals surface area (Å²) in [4.78, 5) is 2.09. The summed E-state index contributed by atoms with van der Waals surface area (Å²) in [6.45, 7) is 1.98. The minimum Gasteiger partial charge on any atom is -0.298 e.